The lowest BCUT2D eigenvalue weighted by molar-refractivity contribution is -0.113. The Labute approximate surface area is 144 Å². The van der Waals surface area contributed by atoms with Crippen molar-refractivity contribution in [3.8, 4) is 0 Å². The molecular weight excluding hydrogens is 352 g/mol. The van der Waals surface area contributed by atoms with Crippen LogP contribution in [0.5, 0.6) is 0 Å². The number of hydrogen-bond donors (Lipinski definition) is 2. The van der Waals surface area contributed by atoms with Crippen molar-refractivity contribution in [3.05, 3.63) is 24.3 Å². The van der Waals surface area contributed by atoms with E-state index in [-0.39, 0.29) is 22.5 Å². The highest BCUT2D eigenvalue weighted by Gasteiger charge is 2.17. The van der Waals surface area contributed by atoms with E-state index in [2.05, 4.69) is 15.5 Å². The molecule has 0 aliphatic heterocycles. The number of nitrogen functional groups attached to an aromatic ring is 1. The molecule has 3 N–H and O–H groups in total. The summed E-state index contributed by atoms with van der Waals surface area (Å²) in [5.41, 5.74) is 5.97. The van der Waals surface area contributed by atoms with Gasteiger partial charge >= 0.3 is 0 Å². The van der Waals surface area contributed by atoms with Crippen LogP contribution in [0.1, 0.15) is 0 Å². The second-order valence-electron chi connectivity index (χ2n) is 5.05. The molecule has 0 atom stereocenters. The lowest BCUT2D eigenvalue weighted by atomic mass is 10.3. The van der Waals surface area contributed by atoms with E-state index in [1.54, 1.807) is 23.7 Å². The smallest absolute Gasteiger partial charge is 0.242 e. The van der Waals surface area contributed by atoms with Crippen LogP contribution in [-0.4, -0.2) is 53.2 Å². The van der Waals surface area contributed by atoms with Gasteiger partial charge in [0, 0.05) is 26.8 Å². The summed E-state index contributed by atoms with van der Waals surface area (Å²) in [6, 6.07) is 6.08. The van der Waals surface area contributed by atoms with E-state index in [9.17, 15) is 13.2 Å². The molecule has 0 fully saturated rings. The van der Waals surface area contributed by atoms with E-state index in [1.807, 2.05) is 0 Å². The molecule has 2 aromatic rings. The molecule has 11 heteroatoms. The minimum atomic E-state index is -3.55. The molecule has 0 saturated heterocycles. The minimum absolute atomic E-state index is 0.0939. The first-order valence-corrected chi connectivity index (χ1v) is 9.24. The summed E-state index contributed by atoms with van der Waals surface area (Å²) in [6.45, 7) is 0. The van der Waals surface area contributed by atoms with Gasteiger partial charge in [0.2, 0.25) is 21.9 Å². The van der Waals surface area contributed by atoms with E-state index in [4.69, 9.17) is 5.73 Å². The first kappa shape index (κ1) is 18.2. The summed E-state index contributed by atoms with van der Waals surface area (Å²) in [4.78, 5) is 12.1. The number of anilines is 2. The van der Waals surface area contributed by atoms with Gasteiger partial charge in [-0.3, -0.25) is 9.36 Å². The summed E-state index contributed by atoms with van der Waals surface area (Å²) >= 11 is 1.18. The molecule has 1 aromatic carbocycles. The fraction of sp³-hybridized carbons (Fsp3) is 0.308. The Morgan fingerprint density at radius 3 is 2.67 bits per heavy atom. The van der Waals surface area contributed by atoms with Gasteiger partial charge in [-0.2, -0.15) is 0 Å². The summed E-state index contributed by atoms with van der Waals surface area (Å²) in [7, 11) is 1.04. The number of hydrogen-bond acceptors (Lipinski definition) is 7. The zero-order valence-electron chi connectivity index (χ0n) is 13.4. The van der Waals surface area contributed by atoms with E-state index < -0.39 is 10.0 Å². The van der Waals surface area contributed by atoms with E-state index in [1.165, 1.54) is 38.0 Å². The van der Waals surface area contributed by atoms with Crippen molar-refractivity contribution >= 4 is 39.3 Å². The summed E-state index contributed by atoms with van der Waals surface area (Å²) in [5.74, 6) is 0.0665. The second kappa shape index (κ2) is 7.20. The van der Waals surface area contributed by atoms with Crippen molar-refractivity contribution in [1.29, 1.82) is 0 Å². The van der Waals surface area contributed by atoms with E-state index >= 15 is 0 Å². The van der Waals surface area contributed by atoms with Crippen molar-refractivity contribution in [2.24, 2.45) is 7.05 Å². The molecule has 24 heavy (non-hydrogen) atoms. The Morgan fingerprint density at radius 2 is 2.08 bits per heavy atom. The topological polar surface area (TPSA) is 123 Å². The third-order valence-corrected chi connectivity index (χ3v) is 5.93. The van der Waals surface area contributed by atoms with Crippen LogP contribution in [0.2, 0.25) is 0 Å². The summed E-state index contributed by atoms with van der Waals surface area (Å²) in [6.07, 6.45) is 0. The SMILES string of the molecule is CN(C)S(=O)(=O)c1cccc(NC(=O)CSc2nnc(N)n2C)c1. The number of amides is 1. The number of carbonyl (C=O) groups is 1. The number of aromatic nitrogens is 3. The average Bonchev–Trinajstić information content (AvgIpc) is 2.84. The lowest BCUT2D eigenvalue weighted by Gasteiger charge is -2.12. The largest absolute Gasteiger partial charge is 0.368 e. The fourth-order valence-corrected chi connectivity index (χ4v) is 3.39. The molecule has 130 valence electrons. The maximum atomic E-state index is 12.1. The monoisotopic (exact) mass is 370 g/mol. The molecule has 1 amide bonds. The Balaban J connectivity index is 2.03. The van der Waals surface area contributed by atoms with Crippen molar-refractivity contribution in [2.45, 2.75) is 10.1 Å². The first-order valence-electron chi connectivity index (χ1n) is 6.82. The number of sulfonamides is 1. The van der Waals surface area contributed by atoms with Crippen LogP contribution in [0.25, 0.3) is 0 Å². The zero-order chi connectivity index (χ0) is 17.9. The van der Waals surface area contributed by atoms with Gasteiger partial charge in [-0.15, -0.1) is 10.2 Å². The highest BCUT2D eigenvalue weighted by molar-refractivity contribution is 7.99. The molecule has 0 spiro atoms. The molecule has 0 bridgehead atoms. The molecule has 2 rings (SSSR count). The van der Waals surface area contributed by atoms with Gasteiger partial charge in [0.25, 0.3) is 0 Å². The molecule has 1 aromatic heterocycles. The highest BCUT2D eigenvalue weighted by atomic mass is 32.2. The molecule has 9 nitrogen and oxygen atoms in total. The Kier molecular flexibility index (Phi) is 5.47. The number of nitrogens with one attached hydrogen (secondary N) is 1. The van der Waals surface area contributed by atoms with Crippen LogP contribution in [0.4, 0.5) is 11.6 Å². The molecule has 0 aliphatic rings. The molecule has 0 aliphatic carbocycles. The fourth-order valence-electron chi connectivity index (χ4n) is 1.72. The minimum Gasteiger partial charge on any atom is -0.368 e. The van der Waals surface area contributed by atoms with E-state index in [0.717, 1.165) is 4.31 Å². The van der Waals surface area contributed by atoms with Crippen LogP contribution in [-0.2, 0) is 21.9 Å². The average molecular weight is 370 g/mol. The van der Waals surface area contributed by atoms with Crippen molar-refractivity contribution in [2.75, 3.05) is 30.9 Å². The highest BCUT2D eigenvalue weighted by Crippen LogP contribution is 2.19. The third-order valence-electron chi connectivity index (χ3n) is 3.10. The van der Waals surface area contributed by atoms with Gasteiger partial charge in [-0.05, 0) is 18.2 Å². The number of rotatable bonds is 6. The Bertz CT molecular complexity index is 847. The van der Waals surface area contributed by atoms with Crippen LogP contribution in [0.3, 0.4) is 0 Å². The van der Waals surface area contributed by atoms with Crippen molar-refractivity contribution in [1.82, 2.24) is 19.1 Å². The predicted octanol–water partition coefficient (Wildman–Crippen LogP) is 0.378. The number of nitrogens with two attached hydrogens (primary N) is 1. The lowest BCUT2D eigenvalue weighted by Crippen LogP contribution is -2.22. The standard InChI is InChI=1S/C13H18N6O3S2/c1-18(2)24(21,22)10-6-4-5-9(7-10)15-11(20)8-23-13-17-16-12(14)19(13)3/h4-7H,8H2,1-3H3,(H2,14,16)(H,15,20). The maximum absolute atomic E-state index is 12.1. The van der Waals surface area contributed by atoms with Gasteiger partial charge in [0.1, 0.15) is 0 Å². The Hall–Kier alpha value is -2.11. The normalized spacial score (nSPS) is 11.7. The van der Waals surface area contributed by atoms with Gasteiger partial charge < -0.3 is 11.1 Å². The van der Waals surface area contributed by atoms with Crippen molar-refractivity contribution < 1.29 is 13.2 Å². The maximum Gasteiger partial charge on any atom is 0.242 e. The summed E-state index contributed by atoms with van der Waals surface area (Å²) < 4.78 is 26.9. The predicted molar refractivity (Wildman–Crippen MR) is 92.1 cm³/mol. The van der Waals surface area contributed by atoms with Crippen LogP contribution in [0, 0.1) is 0 Å². The third kappa shape index (κ3) is 4.04. The zero-order valence-corrected chi connectivity index (χ0v) is 15.1. The quantitative estimate of drug-likeness (QED) is 0.705. The van der Waals surface area contributed by atoms with E-state index in [0.29, 0.717) is 10.8 Å². The van der Waals surface area contributed by atoms with Gasteiger partial charge in [-0.25, -0.2) is 12.7 Å². The molecule has 0 unspecified atom stereocenters. The van der Waals surface area contributed by atoms with Gasteiger partial charge in [0.15, 0.2) is 5.16 Å². The van der Waals surface area contributed by atoms with Gasteiger partial charge in [0.05, 0.1) is 10.6 Å². The van der Waals surface area contributed by atoms with Gasteiger partial charge in [-0.1, -0.05) is 17.8 Å². The molecule has 1 heterocycles. The summed E-state index contributed by atoms with van der Waals surface area (Å²) in [5, 5.41) is 10.7. The second-order valence-corrected chi connectivity index (χ2v) is 8.15. The van der Waals surface area contributed by atoms with Crippen molar-refractivity contribution in [3.63, 3.8) is 0 Å². The molecule has 0 radical (unpaired) electrons. The number of benzene rings is 1. The van der Waals surface area contributed by atoms with Crippen LogP contribution >= 0.6 is 11.8 Å². The van der Waals surface area contributed by atoms with Crippen LogP contribution in [0.15, 0.2) is 34.3 Å². The first-order chi connectivity index (χ1) is 11.2. The van der Waals surface area contributed by atoms with Crippen LogP contribution < -0.4 is 11.1 Å². The number of nitrogens with zero attached hydrogens (tertiary/aromatic N) is 4. The number of thioether (sulfide) groups is 1. The molecular formula is C13H18N6O3S2. The molecule has 0 saturated carbocycles. The number of carbonyl (C=O) groups excluding carboxylic acids is 1. The Morgan fingerprint density at radius 1 is 1.38 bits per heavy atom.